The fourth-order valence-electron chi connectivity index (χ4n) is 3.70. The number of hydrogen-bond acceptors (Lipinski definition) is 6. The maximum atomic E-state index is 12.2. The number of nitrogens with zero attached hydrogens (tertiary/aromatic N) is 2. The Hall–Kier alpha value is -4.07. The van der Waals surface area contributed by atoms with Crippen LogP contribution in [-0.4, -0.2) is 48.0 Å². The molecular weight excluding hydrogens is 458 g/mol. The molecule has 8 heteroatoms. The number of ether oxygens (including phenoxy) is 3. The summed E-state index contributed by atoms with van der Waals surface area (Å²) in [4.78, 5) is 24.3. The maximum absolute atomic E-state index is 12.2. The first-order chi connectivity index (χ1) is 17.4. The van der Waals surface area contributed by atoms with Crippen molar-refractivity contribution < 1.29 is 23.8 Å². The molecule has 3 rings (SSSR count). The zero-order chi connectivity index (χ0) is 25.9. The topological polar surface area (TPSA) is 91.7 Å². The summed E-state index contributed by atoms with van der Waals surface area (Å²) in [6.07, 6.45) is 3.59. The molecule has 1 heterocycles. The van der Waals surface area contributed by atoms with E-state index in [1.54, 1.807) is 6.08 Å². The highest BCUT2D eigenvalue weighted by Gasteiger charge is 2.12. The van der Waals surface area contributed by atoms with Crippen molar-refractivity contribution in [1.29, 1.82) is 0 Å². The van der Waals surface area contributed by atoms with E-state index in [1.807, 2.05) is 80.9 Å². The summed E-state index contributed by atoms with van der Waals surface area (Å²) in [6.45, 7) is 8.80. The Bertz CT molecular complexity index is 1200. The van der Waals surface area contributed by atoms with Gasteiger partial charge in [-0.2, -0.15) is 5.10 Å². The second-order valence-electron chi connectivity index (χ2n) is 8.02. The van der Waals surface area contributed by atoms with Crippen LogP contribution in [0.15, 0.2) is 54.6 Å². The van der Waals surface area contributed by atoms with E-state index >= 15 is 0 Å². The number of benzene rings is 2. The molecule has 0 atom stereocenters. The summed E-state index contributed by atoms with van der Waals surface area (Å²) in [7, 11) is 0. The molecule has 0 aliphatic carbocycles. The van der Waals surface area contributed by atoms with Gasteiger partial charge in [0.25, 0.3) is 5.91 Å². The molecule has 190 valence electrons. The van der Waals surface area contributed by atoms with Crippen LogP contribution < -0.4 is 14.8 Å². The zero-order valence-corrected chi connectivity index (χ0v) is 21.2. The summed E-state index contributed by atoms with van der Waals surface area (Å²) in [6, 6.07) is 15.5. The smallest absolute Gasteiger partial charge is 0.331 e. The molecule has 0 bridgehead atoms. The quantitative estimate of drug-likeness (QED) is 0.302. The lowest BCUT2D eigenvalue weighted by Crippen LogP contribution is -2.30. The van der Waals surface area contributed by atoms with Gasteiger partial charge in [0.2, 0.25) is 0 Å². The minimum Gasteiger partial charge on any atom is -0.490 e. The third-order valence-corrected chi connectivity index (χ3v) is 5.42. The van der Waals surface area contributed by atoms with E-state index < -0.39 is 5.97 Å². The van der Waals surface area contributed by atoms with Crippen LogP contribution in [-0.2, 0) is 20.7 Å². The molecular formula is C28H33N3O5. The van der Waals surface area contributed by atoms with E-state index in [9.17, 15) is 9.59 Å². The number of para-hydroxylation sites is 1. The van der Waals surface area contributed by atoms with Gasteiger partial charge in [-0.25, -0.2) is 9.48 Å². The minimum absolute atomic E-state index is 0.349. The van der Waals surface area contributed by atoms with E-state index in [0.717, 1.165) is 28.2 Å². The molecule has 0 saturated heterocycles. The third kappa shape index (κ3) is 7.21. The number of carbonyl (C=O) groups is 2. The van der Waals surface area contributed by atoms with Crippen molar-refractivity contribution in [2.24, 2.45) is 0 Å². The molecule has 1 amide bonds. The van der Waals surface area contributed by atoms with Gasteiger partial charge >= 0.3 is 5.97 Å². The highest BCUT2D eigenvalue weighted by atomic mass is 16.5. The van der Waals surface area contributed by atoms with Crippen LogP contribution in [0.4, 0.5) is 0 Å². The fraction of sp³-hybridized carbons (Fsp3) is 0.321. The molecule has 0 saturated carbocycles. The van der Waals surface area contributed by atoms with E-state index in [0.29, 0.717) is 37.7 Å². The van der Waals surface area contributed by atoms with Crippen LogP contribution in [0.1, 0.15) is 36.4 Å². The van der Waals surface area contributed by atoms with Gasteiger partial charge in [-0.15, -0.1) is 0 Å². The van der Waals surface area contributed by atoms with Crippen LogP contribution >= 0.6 is 0 Å². The molecule has 0 aliphatic rings. The molecule has 1 aromatic heterocycles. The average molecular weight is 492 g/mol. The summed E-state index contributed by atoms with van der Waals surface area (Å²) in [5.74, 6) is 0.426. The van der Waals surface area contributed by atoms with Gasteiger partial charge in [-0.1, -0.05) is 24.3 Å². The Morgan fingerprint density at radius 3 is 2.44 bits per heavy atom. The van der Waals surface area contributed by atoms with Gasteiger partial charge in [0.15, 0.2) is 18.1 Å². The SMILES string of the molecule is CCOc1ccc(CCNC(=O)COC(=O)/C=C/c2c(C)nn(-c3ccccc3)c2C)cc1OCC. The Labute approximate surface area is 211 Å². The summed E-state index contributed by atoms with van der Waals surface area (Å²) >= 11 is 0. The Morgan fingerprint density at radius 2 is 1.72 bits per heavy atom. The van der Waals surface area contributed by atoms with Gasteiger partial charge in [0.05, 0.1) is 24.6 Å². The van der Waals surface area contributed by atoms with Gasteiger partial charge in [-0.05, 0) is 70.0 Å². The van der Waals surface area contributed by atoms with Gasteiger partial charge in [0.1, 0.15) is 0 Å². The zero-order valence-electron chi connectivity index (χ0n) is 21.2. The standard InChI is InChI=1S/C28H33N3O5/c1-5-34-25-14-12-22(18-26(25)35-6-2)16-17-29-27(32)19-36-28(33)15-13-24-20(3)30-31(21(24)4)23-10-8-7-9-11-23/h7-15,18H,5-6,16-17,19H2,1-4H3,(H,29,32)/b15-13+. The van der Waals surface area contributed by atoms with E-state index in [2.05, 4.69) is 10.4 Å². The predicted octanol–water partition coefficient (Wildman–Crippen LogP) is 4.20. The van der Waals surface area contributed by atoms with Gasteiger partial charge in [0, 0.05) is 23.9 Å². The number of nitrogens with one attached hydrogen (secondary N) is 1. The molecule has 8 nitrogen and oxygen atoms in total. The highest BCUT2D eigenvalue weighted by molar-refractivity contribution is 5.89. The van der Waals surface area contributed by atoms with E-state index in [1.165, 1.54) is 6.08 Å². The van der Waals surface area contributed by atoms with Crippen LogP contribution in [0.2, 0.25) is 0 Å². The summed E-state index contributed by atoms with van der Waals surface area (Å²) in [5.41, 5.74) is 4.48. The minimum atomic E-state index is -0.593. The number of aryl methyl sites for hydroxylation is 1. The number of amides is 1. The fourth-order valence-corrected chi connectivity index (χ4v) is 3.70. The molecule has 0 spiro atoms. The van der Waals surface area contributed by atoms with E-state index in [-0.39, 0.29) is 12.5 Å². The molecule has 0 unspecified atom stereocenters. The number of aromatic nitrogens is 2. The van der Waals surface area contributed by atoms with Crippen molar-refractivity contribution in [2.75, 3.05) is 26.4 Å². The highest BCUT2D eigenvalue weighted by Crippen LogP contribution is 2.28. The molecule has 3 aromatic rings. The van der Waals surface area contributed by atoms with Crippen LogP contribution in [0.3, 0.4) is 0 Å². The molecule has 1 N–H and O–H groups in total. The van der Waals surface area contributed by atoms with Crippen molar-refractivity contribution >= 4 is 18.0 Å². The number of carbonyl (C=O) groups excluding carboxylic acids is 2. The van der Waals surface area contributed by atoms with Crippen molar-refractivity contribution in [1.82, 2.24) is 15.1 Å². The summed E-state index contributed by atoms with van der Waals surface area (Å²) in [5, 5.41) is 7.32. The van der Waals surface area contributed by atoms with Crippen molar-refractivity contribution in [3.8, 4) is 17.2 Å². The van der Waals surface area contributed by atoms with E-state index in [4.69, 9.17) is 14.2 Å². The first kappa shape index (κ1) is 26.5. The number of esters is 1. The molecule has 2 aromatic carbocycles. The first-order valence-electron chi connectivity index (χ1n) is 12.0. The molecule has 0 fully saturated rings. The lowest BCUT2D eigenvalue weighted by molar-refractivity contribution is -0.143. The van der Waals surface area contributed by atoms with Crippen molar-refractivity contribution in [2.45, 2.75) is 34.1 Å². The maximum Gasteiger partial charge on any atom is 0.331 e. The van der Waals surface area contributed by atoms with Gasteiger partial charge < -0.3 is 19.5 Å². The second-order valence-corrected chi connectivity index (χ2v) is 8.02. The molecule has 36 heavy (non-hydrogen) atoms. The third-order valence-electron chi connectivity index (χ3n) is 5.42. The Morgan fingerprint density at radius 1 is 1.00 bits per heavy atom. The van der Waals surface area contributed by atoms with Crippen molar-refractivity contribution in [3.05, 3.63) is 77.1 Å². The average Bonchev–Trinajstić information content (AvgIpc) is 3.16. The van der Waals surface area contributed by atoms with Crippen LogP contribution in [0, 0.1) is 13.8 Å². The Kier molecular flexibility index (Phi) is 9.68. The lowest BCUT2D eigenvalue weighted by atomic mass is 10.1. The number of hydrogen-bond donors (Lipinski definition) is 1. The summed E-state index contributed by atoms with van der Waals surface area (Å²) < 4.78 is 18.1. The van der Waals surface area contributed by atoms with Gasteiger partial charge in [-0.3, -0.25) is 4.79 Å². The van der Waals surface area contributed by atoms with Crippen LogP contribution in [0.5, 0.6) is 11.5 Å². The molecule has 0 radical (unpaired) electrons. The number of rotatable bonds is 12. The first-order valence-corrected chi connectivity index (χ1v) is 12.0. The normalized spacial score (nSPS) is 10.9. The van der Waals surface area contributed by atoms with Crippen molar-refractivity contribution in [3.63, 3.8) is 0 Å². The molecule has 0 aliphatic heterocycles. The monoisotopic (exact) mass is 491 g/mol. The Balaban J connectivity index is 1.47. The largest absolute Gasteiger partial charge is 0.490 e. The lowest BCUT2D eigenvalue weighted by Gasteiger charge is -2.12. The predicted molar refractivity (Wildman–Crippen MR) is 139 cm³/mol. The van der Waals surface area contributed by atoms with Crippen LogP contribution in [0.25, 0.3) is 11.8 Å². The second kappa shape index (κ2) is 13.1.